The highest BCUT2D eigenvalue weighted by Crippen LogP contribution is 2.29. The van der Waals surface area contributed by atoms with E-state index in [4.69, 9.17) is 23.2 Å². The Kier molecular flexibility index (Phi) is 5.24. The fourth-order valence-electron chi connectivity index (χ4n) is 2.03. The summed E-state index contributed by atoms with van der Waals surface area (Å²) in [6, 6.07) is 6.22. The molecule has 0 aliphatic heterocycles. The van der Waals surface area contributed by atoms with Gasteiger partial charge in [-0.15, -0.1) is 0 Å². The van der Waals surface area contributed by atoms with Crippen molar-refractivity contribution in [3.63, 3.8) is 0 Å². The lowest BCUT2D eigenvalue weighted by molar-refractivity contribution is 0.0915. The maximum absolute atomic E-state index is 12.1. The predicted molar refractivity (Wildman–Crippen MR) is 85.6 cm³/mol. The third kappa shape index (κ3) is 3.68. The van der Waals surface area contributed by atoms with E-state index in [2.05, 4.69) is 10.3 Å². The first-order chi connectivity index (χ1) is 10.4. The second-order valence-corrected chi connectivity index (χ2v) is 5.57. The molecule has 1 amide bonds. The van der Waals surface area contributed by atoms with Gasteiger partial charge in [0.1, 0.15) is 0 Å². The minimum Gasteiger partial charge on any atom is -0.386 e. The Bertz CT molecular complexity index is 738. The quantitative estimate of drug-likeness (QED) is 0.799. The number of hydrogen-bond acceptors (Lipinski definition) is 3. The normalized spacial score (nSPS) is 12.0. The molecular weight excluding hydrogens is 327 g/mol. The highest BCUT2D eigenvalue weighted by molar-refractivity contribution is 6.36. The summed E-state index contributed by atoms with van der Waals surface area (Å²) in [5, 5.41) is 13.4. The van der Waals surface area contributed by atoms with E-state index < -0.39 is 12.0 Å². The number of amides is 1. The molecule has 0 radical (unpaired) electrons. The van der Waals surface area contributed by atoms with Crippen LogP contribution in [0.25, 0.3) is 0 Å². The molecule has 3 N–H and O–H groups in total. The summed E-state index contributed by atoms with van der Waals surface area (Å²) in [7, 11) is 0. The van der Waals surface area contributed by atoms with Crippen LogP contribution < -0.4 is 10.9 Å². The molecule has 2 rings (SSSR count). The molecule has 0 spiro atoms. The van der Waals surface area contributed by atoms with Crippen LogP contribution in [-0.4, -0.2) is 22.5 Å². The van der Waals surface area contributed by atoms with Crippen LogP contribution >= 0.6 is 23.2 Å². The number of aromatic amines is 1. The van der Waals surface area contributed by atoms with Crippen LogP contribution in [0.5, 0.6) is 0 Å². The molecule has 0 fully saturated rings. The summed E-state index contributed by atoms with van der Waals surface area (Å²) < 4.78 is 0. The number of pyridine rings is 1. The van der Waals surface area contributed by atoms with Gasteiger partial charge in [0, 0.05) is 34.4 Å². The van der Waals surface area contributed by atoms with Gasteiger partial charge in [-0.05, 0) is 24.6 Å². The van der Waals surface area contributed by atoms with Crippen LogP contribution in [0, 0.1) is 6.92 Å². The highest BCUT2D eigenvalue weighted by Gasteiger charge is 2.17. The van der Waals surface area contributed by atoms with Gasteiger partial charge in [-0.25, -0.2) is 0 Å². The average molecular weight is 341 g/mol. The molecule has 0 saturated carbocycles. The summed E-state index contributed by atoms with van der Waals surface area (Å²) in [4.78, 5) is 25.6. The van der Waals surface area contributed by atoms with Crippen molar-refractivity contribution in [3.8, 4) is 0 Å². The van der Waals surface area contributed by atoms with Crippen LogP contribution in [0.2, 0.25) is 10.0 Å². The van der Waals surface area contributed by atoms with Crippen LogP contribution in [0.15, 0.2) is 35.3 Å². The van der Waals surface area contributed by atoms with Crippen LogP contribution in [-0.2, 0) is 0 Å². The maximum atomic E-state index is 12.1. The smallest absolute Gasteiger partial charge is 0.253 e. The van der Waals surface area contributed by atoms with E-state index in [-0.39, 0.29) is 12.1 Å². The van der Waals surface area contributed by atoms with Crippen molar-refractivity contribution in [1.82, 2.24) is 10.3 Å². The first-order valence-corrected chi connectivity index (χ1v) is 7.25. The molecule has 1 heterocycles. The lowest BCUT2D eigenvalue weighted by Crippen LogP contribution is -2.29. The zero-order valence-corrected chi connectivity index (χ0v) is 13.2. The van der Waals surface area contributed by atoms with Gasteiger partial charge in [0.15, 0.2) is 0 Å². The number of aliphatic hydroxyl groups is 1. The van der Waals surface area contributed by atoms with Crippen LogP contribution in [0.3, 0.4) is 0 Å². The minimum atomic E-state index is -1.03. The zero-order chi connectivity index (χ0) is 16.3. The van der Waals surface area contributed by atoms with E-state index in [0.29, 0.717) is 26.7 Å². The number of benzene rings is 1. The number of halogens is 2. The topological polar surface area (TPSA) is 82.2 Å². The lowest BCUT2D eigenvalue weighted by atomic mass is 10.1. The number of rotatable bonds is 4. The Morgan fingerprint density at radius 3 is 2.59 bits per heavy atom. The fourth-order valence-corrected chi connectivity index (χ4v) is 2.68. The standard InChI is InChI=1S/C15H14Cl2N2O3/c1-8-5-13(21)18-6-9(8)15(22)19-7-12(20)14-10(16)3-2-4-11(14)17/h2-6,12,20H,7H2,1H3,(H,18,21)(H,19,22). The Balaban J connectivity index is 2.09. The molecule has 1 unspecified atom stereocenters. The van der Waals surface area contributed by atoms with Gasteiger partial charge in [-0.2, -0.15) is 0 Å². The molecule has 0 bridgehead atoms. The van der Waals surface area contributed by atoms with E-state index in [1.54, 1.807) is 25.1 Å². The molecule has 1 aromatic carbocycles. The number of aliphatic hydroxyl groups excluding tert-OH is 1. The molecule has 22 heavy (non-hydrogen) atoms. The fraction of sp³-hybridized carbons (Fsp3) is 0.200. The Labute approximate surface area is 136 Å². The van der Waals surface area contributed by atoms with E-state index in [1.165, 1.54) is 12.3 Å². The minimum absolute atomic E-state index is 0.0547. The van der Waals surface area contributed by atoms with Gasteiger partial charge in [0.05, 0.1) is 11.7 Å². The van der Waals surface area contributed by atoms with Gasteiger partial charge in [0.2, 0.25) is 5.56 Å². The zero-order valence-electron chi connectivity index (χ0n) is 11.7. The molecular formula is C15H14Cl2N2O3. The maximum Gasteiger partial charge on any atom is 0.253 e. The van der Waals surface area contributed by atoms with E-state index in [0.717, 1.165) is 0 Å². The van der Waals surface area contributed by atoms with Crippen molar-refractivity contribution in [1.29, 1.82) is 0 Å². The molecule has 7 heteroatoms. The SMILES string of the molecule is Cc1cc(=O)[nH]cc1C(=O)NCC(O)c1c(Cl)cccc1Cl. The van der Waals surface area contributed by atoms with Crippen molar-refractivity contribution < 1.29 is 9.90 Å². The van der Waals surface area contributed by atoms with Gasteiger partial charge in [-0.3, -0.25) is 9.59 Å². The Morgan fingerprint density at radius 2 is 2.00 bits per heavy atom. The third-order valence-corrected chi connectivity index (χ3v) is 3.82. The number of hydrogen-bond donors (Lipinski definition) is 3. The average Bonchev–Trinajstić information content (AvgIpc) is 2.44. The Morgan fingerprint density at radius 1 is 1.36 bits per heavy atom. The van der Waals surface area contributed by atoms with Gasteiger partial charge in [0.25, 0.3) is 5.91 Å². The summed E-state index contributed by atoms with van der Waals surface area (Å²) in [5.41, 5.74) is 0.963. The van der Waals surface area contributed by atoms with Crippen molar-refractivity contribution in [2.45, 2.75) is 13.0 Å². The van der Waals surface area contributed by atoms with Crippen molar-refractivity contribution >= 4 is 29.1 Å². The van der Waals surface area contributed by atoms with Gasteiger partial charge >= 0.3 is 0 Å². The van der Waals surface area contributed by atoms with Gasteiger partial charge < -0.3 is 15.4 Å². The first kappa shape index (κ1) is 16.5. The molecule has 1 aromatic heterocycles. The highest BCUT2D eigenvalue weighted by atomic mass is 35.5. The molecule has 0 aliphatic rings. The summed E-state index contributed by atoms with van der Waals surface area (Å²) in [6.45, 7) is 1.60. The Hall–Kier alpha value is -1.82. The van der Waals surface area contributed by atoms with Crippen molar-refractivity contribution in [3.05, 3.63) is 67.6 Å². The largest absolute Gasteiger partial charge is 0.386 e. The van der Waals surface area contributed by atoms with E-state index in [1.807, 2.05) is 0 Å². The van der Waals surface area contributed by atoms with Gasteiger partial charge in [-0.1, -0.05) is 29.3 Å². The summed E-state index contributed by atoms with van der Waals surface area (Å²) >= 11 is 12.0. The third-order valence-electron chi connectivity index (χ3n) is 3.16. The number of aromatic nitrogens is 1. The molecule has 2 aromatic rings. The number of nitrogens with one attached hydrogen (secondary N) is 2. The molecule has 0 aliphatic carbocycles. The van der Waals surface area contributed by atoms with Crippen LogP contribution in [0.1, 0.15) is 27.6 Å². The molecule has 1 atom stereocenters. The number of aryl methyl sites for hydroxylation is 1. The molecule has 0 saturated heterocycles. The van der Waals surface area contributed by atoms with Crippen molar-refractivity contribution in [2.75, 3.05) is 6.54 Å². The number of H-pyrrole nitrogens is 1. The summed E-state index contributed by atoms with van der Waals surface area (Å²) in [6.07, 6.45) is 0.301. The monoisotopic (exact) mass is 340 g/mol. The summed E-state index contributed by atoms with van der Waals surface area (Å²) in [5.74, 6) is -0.407. The van der Waals surface area contributed by atoms with E-state index in [9.17, 15) is 14.7 Å². The second kappa shape index (κ2) is 6.96. The lowest BCUT2D eigenvalue weighted by Gasteiger charge is -2.15. The number of carbonyl (C=O) groups is 1. The van der Waals surface area contributed by atoms with Crippen molar-refractivity contribution in [2.24, 2.45) is 0 Å². The number of carbonyl (C=O) groups excluding carboxylic acids is 1. The molecule has 5 nitrogen and oxygen atoms in total. The van der Waals surface area contributed by atoms with Crippen LogP contribution in [0.4, 0.5) is 0 Å². The van der Waals surface area contributed by atoms with E-state index >= 15 is 0 Å². The molecule has 116 valence electrons. The first-order valence-electron chi connectivity index (χ1n) is 6.49. The predicted octanol–water partition coefficient (Wildman–Crippen LogP) is 2.45. The second-order valence-electron chi connectivity index (χ2n) is 4.76.